The molecule has 5 N–H and O–H groups in total. The summed E-state index contributed by atoms with van der Waals surface area (Å²) in [5.74, 6) is 7.45. The molecule has 0 aliphatic heterocycles. The van der Waals surface area contributed by atoms with Gasteiger partial charge in [-0.3, -0.25) is 0 Å². The van der Waals surface area contributed by atoms with Gasteiger partial charge in [0, 0.05) is 18.0 Å². The number of nitrogens with zero attached hydrogens (tertiary/aromatic N) is 2. The standard InChI is InChI=1S/C13H25N5O/c1-5-9(19)6-7-15-10-8-11(18-14)17-12(16-10)13(2,3)4/h8-9,19H,5-7,14H2,1-4H3,(H2,15,16,17,18). The Morgan fingerprint density at radius 2 is 1.95 bits per heavy atom. The zero-order valence-electron chi connectivity index (χ0n) is 12.2. The van der Waals surface area contributed by atoms with Crippen molar-refractivity contribution in [3.63, 3.8) is 0 Å². The maximum absolute atomic E-state index is 9.52. The molecule has 0 spiro atoms. The number of hydrogen-bond acceptors (Lipinski definition) is 6. The number of hydrogen-bond donors (Lipinski definition) is 4. The van der Waals surface area contributed by atoms with Crippen LogP contribution in [-0.4, -0.2) is 27.7 Å². The van der Waals surface area contributed by atoms with Crippen LogP contribution in [0.25, 0.3) is 0 Å². The van der Waals surface area contributed by atoms with E-state index in [0.717, 1.165) is 18.1 Å². The molecule has 0 saturated heterocycles. The van der Waals surface area contributed by atoms with Gasteiger partial charge in [0.25, 0.3) is 0 Å². The Balaban J connectivity index is 2.77. The SMILES string of the molecule is CCC(O)CCNc1cc(NN)nc(C(C)(C)C)n1. The number of nitrogen functional groups attached to an aromatic ring is 1. The first-order valence-corrected chi connectivity index (χ1v) is 6.65. The summed E-state index contributed by atoms with van der Waals surface area (Å²) in [5, 5.41) is 12.7. The van der Waals surface area contributed by atoms with Gasteiger partial charge in [-0.1, -0.05) is 27.7 Å². The van der Waals surface area contributed by atoms with E-state index in [4.69, 9.17) is 5.84 Å². The van der Waals surface area contributed by atoms with Crippen molar-refractivity contribution in [2.24, 2.45) is 5.84 Å². The lowest BCUT2D eigenvalue weighted by Crippen LogP contribution is -2.20. The highest BCUT2D eigenvalue weighted by Gasteiger charge is 2.19. The van der Waals surface area contributed by atoms with Gasteiger partial charge in [-0.05, 0) is 12.8 Å². The Bertz CT molecular complexity index is 403. The van der Waals surface area contributed by atoms with E-state index in [0.29, 0.717) is 18.8 Å². The van der Waals surface area contributed by atoms with E-state index < -0.39 is 0 Å². The molecule has 6 nitrogen and oxygen atoms in total. The summed E-state index contributed by atoms with van der Waals surface area (Å²) in [6.07, 6.45) is 1.17. The van der Waals surface area contributed by atoms with E-state index in [1.807, 2.05) is 27.7 Å². The van der Waals surface area contributed by atoms with Crippen molar-refractivity contribution in [3.8, 4) is 0 Å². The zero-order valence-corrected chi connectivity index (χ0v) is 12.2. The second kappa shape index (κ2) is 6.68. The van der Waals surface area contributed by atoms with Gasteiger partial charge in [-0.2, -0.15) is 0 Å². The van der Waals surface area contributed by atoms with Gasteiger partial charge in [-0.25, -0.2) is 15.8 Å². The molecule has 1 aromatic rings. The number of aliphatic hydroxyl groups excluding tert-OH is 1. The average molecular weight is 267 g/mol. The second-order valence-corrected chi connectivity index (χ2v) is 5.63. The first-order valence-electron chi connectivity index (χ1n) is 6.65. The molecule has 1 heterocycles. The maximum atomic E-state index is 9.52. The maximum Gasteiger partial charge on any atom is 0.145 e. The van der Waals surface area contributed by atoms with Crippen molar-refractivity contribution in [3.05, 3.63) is 11.9 Å². The smallest absolute Gasteiger partial charge is 0.145 e. The number of rotatable bonds is 6. The van der Waals surface area contributed by atoms with Gasteiger partial charge >= 0.3 is 0 Å². The summed E-state index contributed by atoms with van der Waals surface area (Å²) in [4.78, 5) is 8.82. The number of nitrogens with two attached hydrogens (primary N) is 1. The van der Waals surface area contributed by atoms with Crippen molar-refractivity contribution in [1.29, 1.82) is 0 Å². The van der Waals surface area contributed by atoms with Crippen LogP contribution < -0.4 is 16.6 Å². The van der Waals surface area contributed by atoms with Crippen molar-refractivity contribution < 1.29 is 5.11 Å². The fourth-order valence-corrected chi connectivity index (χ4v) is 1.52. The first kappa shape index (κ1) is 15.7. The molecule has 1 aromatic heterocycles. The van der Waals surface area contributed by atoms with Crippen LogP contribution >= 0.6 is 0 Å². The molecular formula is C13H25N5O. The van der Waals surface area contributed by atoms with Crippen LogP contribution in [-0.2, 0) is 5.41 Å². The Labute approximate surface area is 114 Å². The van der Waals surface area contributed by atoms with Gasteiger partial charge < -0.3 is 15.8 Å². The minimum atomic E-state index is -0.275. The second-order valence-electron chi connectivity index (χ2n) is 5.63. The molecule has 0 aliphatic rings. The third-order valence-electron chi connectivity index (χ3n) is 2.80. The van der Waals surface area contributed by atoms with Crippen LogP contribution in [0.1, 0.15) is 46.4 Å². The van der Waals surface area contributed by atoms with Crippen molar-refractivity contribution in [2.45, 2.75) is 52.1 Å². The van der Waals surface area contributed by atoms with Crippen LogP contribution in [0.3, 0.4) is 0 Å². The van der Waals surface area contributed by atoms with E-state index in [2.05, 4.69) is 20.7 Å². The van der Waals surface area contributed by atoms with E-state index in [1.54, 1.807) is 6.07 Å². The third-order valence-corrected chi connectivity index (χ3v) is 2.80. The normalized spacial score (nSPS) is 13.2. The molecule has 108 valence electrons. The summed E-state index contributed by atoms with van der Waals surface area (Å²) < 4.78 is 0. The molecule has 0 fully saturated rings. The van der Waals surface area contributed by atoms with Crippen LogP contribution in [0, 0.1) is 0 Å². The number of anilines is 2. The molecule has 6 heteroatoms. The molecule has 0 aromatic carbocycles. The van der Waals surface area contributed by atoms with Crippen LogP contribution in [0.15, 0.2) is 6.07 Å². The molecule has 1 rings (SSSR count). The Morgan fingerprint density at radius 1 is 1.32 bits per heavy atom. The van der Waals surface area contributed by atoms with Crippen LogP contribution in [0.4, 0.5) is 11.6 Å². The number of aliphatic hydroxyl groups is 1. The van der Waals surface area contributed by atoms with Crippen LogP contribution in [0.2, 0.25) is 0 Å². The molecule has 19 heavy (non-hydrogen) atoms. The highest BCUT2D eigenvalue weighted by Crippen LogP contribution is 2.21. The minimum Gasteiger partial charge on any atom is -0.393 e. The fraction of sp³-hybridized carbons (Fsp3) is 0.692. The number of nitrogens with one attached hydrogen (secondary N) is 2. The molecule has 0 amide bonds. The highest BCUT2D eigenvalue weighted by molar-refractivity contribution is 5.47. The number of hydrazine groups is 1. The summed E-state index contributed by atoms with van der Waals surface area (Å²) in [6.45, 7) is 8.77. The quantitative estimate of drug-likeness (QED) is 0.462. The van der Waals surface area contributed by atoms with Gasteiger partial charge in [0.15, 0.2) is 0 Å². The van der Waals surface area contributed by atoms with Gasteiger partial charge in [0.05, 0.1) is 6.10 Å². The largest absolute Gasteiger partial charge is 0.393 e. The monoisotopic (exact) mass is 267 g/mol. The van der Waals surface area contributed by atoms with E-state index in [-0.39, 0.29) is 11.5 Å². The fourth-order valence-electron chi connectivity index (χ4n) is 1.52. The Morgan fingerprint density at radius 3 is 2.47 bits per heavy atom. The van der Waals surface area contributed by atoms with Gasteiger partial charge in [0.2, 0.25) is 0 Å². The summed E-state index contributed by atoms with van der Waals surface area (Å²) in [7, 11) is 0. The molecule has 0 aliphatic carbocycles. The Kier molecular flexibility index (Phi) is 5.50. The molecule has 1 unspecified atom stereocenters. The van der Waals surface area contributed by atoms with Crippen molar-refractivity contribution >= 4 is 11.6 Å². The molecule has 0 bridgehead atoms. The number of aromatic nitrogens is 2. The highest BCUT2D eigenvalue weighted by atomic mass is 16.3. The van der Waals surface area contributed by atoms with Crippen molar-refractivity contribution in [2.75, 3.05) is 17.3 Å². The summed E-state index contributed by atoms with van der Waals surface area (Å²) in [6, 6.07) is 1.76. The van der Waals surface area contributed by atoms with E-state index >= 15 is 0 Å². The predicted octanol–water partition coefficient (Wildman–Crippen LogP) is 1.63. The first-order chi connectivity index (χ1) is 8.86. The third kappa shape index (κ3) is 5.00. The minimum absolute atomic E-state index is 0.147. The molecule has 0 radical (unpaired) electrons. The lowest BCUT2D eigenvalue weighted by molar-refractivity contribution is 0.164. The van der Waals surface area contributed by atoms with Crippen LogP contribution in [0.5, 0.6) is 0 Å². The summed E-state index contributed by atoms with van der Waals surface area (Å²) >= 11 is 0. The van der Waals surface area contributed by atoms with Crippen molar-refractivity contribution in [1.82, 2.24) is 9.97 Å². The molecule has 0 saturated carbocycles. The van der Waals surface area contributed by atoms with E-state index in [1.165, 1.54) is 0 Å². The zero-order chi connectivity index (χ0) is 14.5. The lowest BCUT2D eigenvalue weighted by atomic mass is 9.96. The Hall–Kier alpha value is -1.40. The van der Waals surface area contributed by atoms with Gasteiger partial charge in [-0.15, -0.1) is 0 Å². The molecular weight excluding hydrogens is 242 g/mol. The molecule has 1 atom stereocenters. The predicted molar refractivity (Wildman–Crippen MR) is 77.9 cm³/mol. The topological polar surface area (TPSA) is 96.1 Å². The van der Waals surface area contributed by atoms with Gasteiger partial charge in [0.1, 0.15) is 17.5 Å². The lowest BCUT2D eigenvalue weighted by Gasteiger charge is -2.19. The average Bonchev–Trinajstić information content (AvgIpc) is 2.37. The summed E-state index contributed by atoms with van der Waals surface area (Å²) in [5.41, 5.74) is 2.40. The van der Waals surface area contributed by atoms with E-state index in [9.17, 15) is 5.11 Å².